The lowest BCUT2D eigenvalue weighted by molar-refractivity contribution is -0.125. The minimum absolute atomic E-state index is 0.261. The second kappa shape index (κ2) is 9.36. The third kappa shape index (κ3) is 5.91. The summed E-state index contributed by atoms with van der Waals surface area (Å²) in [5.74, 6) is 0.238. The van der Waals surface area contributed by atoms with E-state index in [-0.39, 0.29) is 12.5 Å². The Balaban J connectivity index is 1.68. The molecule has 150 valence electrons. The summed E-state index contributed by atoms with van der Waals surface area (Å²) < 4.78 is 27.0. The second-order valence-corrected chi connectivity index (χ2v) is 8.08. The number of rotatable bonds is 8. The van der Waals surface area contributed by atoms with Crippen molar-refractivity contribution in [3.05, 3.63) is 83.3 Å². The number of nitrogens with one attached hydrogen (secondary N) is 2. The van der Waals surface area contributed by atoms with Gasteiger partial charge in [-0.1, -0.05) is 60.7 Å². The van der Waals surface area contributed by atoms with E-state index in [9.17, 15) is 13.2 Å². The van der Waals surface area contributed by atoms with Crippen LogP contribution in [0.1, 0.15) is 18.1 Å². The molecule has 0 spiro atoms. The molecule has 7 heteroatoms. The lowest BCUT2D eigenvalue weighted by atomic mass is 10.0. The van der Waals surface area contributed by atoms with Gasteiger partial charge in [-0.15, -0.1) is 0 Å². The van der Waals surface area contributed by atoms with Gasteiger partial charge in [0.15, 0.2) is 5.75 Å². The molecule has 0 saturated heterocycles. The first-order valence-corrected chi connectivity index (χ1v) is 10.7. The molecule has 29 heavy (non-hydrogen) atoms. The van der Waals surface area contributed by atoms with Gasteiger partial charge in [-0.2, -0.15) is 5.48 Å². The molecular weight excluding hydrogens is 388 g/mol. The average Bonchev–Trinajstić information content (AvgIpc) is 2.71. The van der Waals surface area contributed by atoms with Crippen molar-refractivity contribution in [1.82, 2.24) is 10.2 Å². The van der Waals surface area contributed by atoms with Crippen LogP contribution in [-0.2, 0) is 21.2 Å². The summed E-state index contributed by atoms with van der Waals surface area (Å²) in [6.45, 7) is 1.63. The quantitative estimate of drug-likeness (QED) is 0.558. The smallest absolute Gasteiger partial charge is 0.249 e. The molecule has 0 aliphatic rings. The van der Waals surface area contributed by atoms with Crippen LogP contribution in [0.3, 0.4) is 0 Å². The van der Waals surface area contributed by atoms with Crippen LogP contribution in [0.5, 0.6) is 5.75 Å². The highest BCUT2D eigenvalue weighted by atomic mass is 32.2. The van der Waals surface area contributed by atoms with Crippen LogP contribution in [0.2, 0.25) is 0 Å². The number of carbonyl (C=O) groups excluding carboxylic acids is 1. The summed E-state index contributed by atoms with van der Waals surface area (Å²) in [7, 11) is -3.53. The van der Waals surface area contributed by atoms with Crippen LogP contribution in [0.4, 0.5) is 0 Å². The molecular formula is C22H22N2O4S. The van der Waals surface area contributed by atoms with E-state index in [2.05, 4.69) is 10.2 Å². The van der Waals surface area contributed by atoms with Crippen molar-refractivity contribution in [3.63, 3.8) is 0 Å². The van der Waals surface area contributed by atoms with Crippen LogP contribution < -0.4 is 15.0 Å². The van der Waals surface area contributed by atoms with Crippen molar-refractivity contribution in [2.45, 2.75) is 13.3 Å². The molecule has 3 rings (SSSR count). The molecule has 0 atom stereocenters. The van der Waals surface area contributed by atoms with Gasteiger partial charge in [-0.25, -0.2) is 13.1 Å². The van der Waals surface area contributed by atoms with Gasteiger partial charge in [0.1, 0.15) is 0 Å². The van der Waals surface area contributed by atoms with Crippen molar-refractivity contribution in [3.8, 4) is 5.75 Å². The minimum Gasteiger partial charge on any atom is -0.379 e. The van der Waals surface area contributed by atoms with Gasteiger partial charge >= 0.3 is 0 Å². The Morgan fingerprint density at radius 2 is 1.69 bits per heavy atom. The van der Waals surface area contributed by atoms with E-state index in [1.807, 2.05) is 60.7 Å². The molecule has 0 bridgehead atoms. The monoisotopic (exact) mass is 410 g/mol. The molecule has 0 aliphatic carbocycles. The van der Waals surface area contributed by atoms with Crippen molar-refractivity contribution >= 4 is 32.8 Å². The zero-order chi connectivity index (χ0) is 20.7. The van der Waals surface area contributed by atoms with Gasteiger partial charge < -0.3 is 4.84 Å². The first-order valence-electron chi connectivity index (χ1n) is 9.11. The summed E-state index contributed by atoms with van der Waals surface area (Å²) >= 11 is 0. The van der Waals surface area contributed by atoms with Gasteiger partial charge in [-0.3, -0.25) is 4.79 Å². The first-order chi connectivity index (χ1) is 13.9. The normalized spacial score (nSPS) is 11.6. The van der Waals surface area contributed by atoms with E-state index in [1.54, 1.807) is 12.1 Å². The van der Waals surface area contributed by atoms with Crippen LogP contribution in [-0.4, -0.2) is 20.9 Å². The Kier molecular flexibility index (Phi) is 6.64. The number of benzene rings is 3. The lowest BCUT2D eigenvalue weighted by Gasteiger charge is -2.11. The maximum Gasteiger partial charge on any atom is 0.249 e. The Morgan fingerprint density at radius 1 is 0.966 bits per heavy atom. The molecule has 0 saturated carbocycles. The fourth-order valence-electron chi connectivity index (χ4n) is 2.89. The Morgan fingerprint density at radius 3 is 2.45 bits per heavy atom. The minimum atomic E-state index is -3.53. The van der Waals surface area contributed by atoms with E-state index < -0.39 is 10.0 Å². The number of hydrogen-bond donors (Lipinski definition) is 2. The zero-order valence-electron chi connectivity index (χ0n) is 16.0. The molecule has 0 aromatic heterocycles. The van der Waals surface area contributed by atoms with Crippen molar-refractivity contribution < 1.29 is 18.0 Å². The maximum absolute atomic E-state index is 12.2. The van der Waals surface area contributed by atoms with E-state index in [4.69, 9.17) is 4.84 Å². The number of amides is 1. The summed E-state index contributed by atoms with van der Waals surface area (Å²) in [5.41, 5.74) is 4.12. The first kappa shape index (κ1) is 20.6. The van der Waals surface area contributed by atoms with Crippen molar-refractivity contribution in [2.24, 2.45) is 0 Å². The predicted octanol–water partition coefficient (Wildman–Crippen LogP) is 3.40. The number of fused-ring (bicyclic) bond motifs is 1. The molecule has 0 unspecified atom stereocenters. The maximum atomic E-state index is 12.2. The third-order valence-corrected chi connectivity index (χ3v) is 5.31. The lowest BCUT2D eigenvalue weighted by Crippen LogP contribution is -2.24. The molecule has 0 fully saturated rings. The van der Waals surface area contributed by atoms with Crippen LogP contribution >= 0.6 is 0 Å². The summed E-state index contributed by atoms with van der Waals surface area (Å²) in [4.78, 5) is 16.4. The van der Waals surface area contributed by atoms with E-state index in [0.717, 1.165) is 21.9 Å². The molecule has 3 aromatic rings. The van der Waals surface area contributed by atoms with E-state index in [1.165, 1.54) is 12.3 Å². The van der Waals surface area contributed by atoms with E-state index in [0.29, 0.717) is 12.2 Å². The van der Waals surface area contributed by atoms with Crippen LogP contribution in [0.25, 0.3) is 16.8 Å². The number of hydroxylamine groups is 1. The predicted molar refractivity (Wildman–Crippen MR) is 114 cm³/mol. The number of carbonyl (C=O) groups is 1. The SMILES string of the molecule is CC(=O)NOc1cccc2c(CCNS(=O)(=O)C=Cc3ccccc3)cccc12. The molecule has 1 amide bonds. The van der Waals surface area contributed by atoms with Gasteiger partial charge in [-0.05, 0) is 35.1 Å². The zero-order valence-corrected chi connectivity index (χ0v) is 16.8. The molecule has 0 aliphatic heterocycles. The van der Waals surface area contributed by atoms with Crippen molar-refractivity contribution in [2.75, 3.05) is 6.54 Å². The van der Waals surface area contributed by atoms with Crippen molar-refractivity contribution in [1.29, 1.82) is 0 Å². The highest BCUT2D eigenvalue weighted by Gasteiger charge is 2.09. The summed E-state index contributed by atoms with van der Waals surface area (Å²) in [6.07, 6.45) is 2.07. The largest absolute Gasteiger partial charge is 0.379 e. The Bertz CT molecular complexity index is 1130. The Hall–Kier alpha value is -3.16. The number of hydrogen-bond acceptors (Lipinski definition) is 4. The van der Waals surface area contributed by atoms with E-state index >= 15 is 0 Å². The molecule has 0 heterocycles. The molecule has 2 N–H and O–H groups in total. The van der Waals surface area contributed by atoms with Gasteiger partial charge in [0.25, 0.3) is 0 Å². The van der Waals surface area contributed by atoms with Crippen LogP contribution in [0.15, 0.2) is 72.1 Å². The highest BCUT2D eigenvalue weighted by molar-refractivity contribution is 7.92. The van der Waals surface area contributed by atoms with Crippen LogP contribution in [0, 0.1) is 0 Å². The topological polar surface area (TPSA) is 84.5 Å². The molecule has 0 radical (unpaired) electrons. The second-order valence-electron chi connectivity index (χ2n) is 6.43. The Labute approximate surface area is 170 Å². The summed E-state index contributed by atoms with van der Waals surface area (Å²) in [5, 5.41) is 2.95. The third-order valence-electron chi connectivity index (χ3n) is 4.21. The average molecular weight is 410 g/mol. The fourth-order valence-corrected chi connectivity index (χ4v) is 3.71. The highest BCUT2D eigenvalue weighted by Crippen LogP contribution is 2.27. The molecule has 6 nitrogen and oxygen atoms in total. The van der Waals surface area contributed by atoms with Gasteiger partial charge in [0.2, 0.25) is 15.9 Å². The molecule has 3 aromatic carbocycles. The fraction of sp³-hybridized carbons (Fsp3) is 0.136. The van der Waals surface area contributed by atoms with Gasteiger partial charge in [0.05, 0.1) is 0 Å². The standard InChI is InChI=1S/C22H22N2O4S/c1-17(25)24-28-22-12-6-10-20-19(9-5-11-21(20)22)13-15-23-29(26,27)16-14-18-7-3-2-4-8-18/h2-12,14,16,23H,13,15H2,1H3,(H,24,25). The number of sulfonamides is 1. The van der Waals surface area contributed by atoms with Gasteiger partial charge in [0, 0.05) is 24.3 Å². The summed E-state index contributed by atoms with van der Waals surface area (Å²) in [6, 6.07) is 20.5.